The number of hydrogen-bond donors (Lipinski definition) is 1. The van der Waals surface area contributed by atoms with Gasteiger partial charge in [-0.3, -0.25) is 9.36 Å². The quantitative estimate of drug-likeness (QED) is 0.498. The van der Waals surface area contributed by atoms with E-state index in [0.717, 1.165) is 12.8 Å². The average Bonchev–Trinajstić information content (AvgIpc) is 3.40. The number of carboxylic acid groups (broad SMARTS) is 1. The predicted octanol–water partition coefficient (Wildman–Crippen LogP) is 3.90. The van der Waals surface area contributed by atoms with Gasteiger partial charge in [0.05, 0.1) is 12.7 Å². The molecule has 0 radical (unpaired) electrons. The summed E-state index contributed by atoms with van der Waals surface area (Å²) >= 11 is 6.39. The monoisotopic (exact) mass is 414 g/mol. The molecule has 0 amide bonds. The number of halogens is 1. The van der Waals surface area contributed by atoms with Crippen LogP contribution in [0.25, 0.3) is 22.7 Å². The molecule has 150 valence electrons. The first-order valence-corrected chi connectivity index (χ1v) is 9.78. The Morgan fingerprint density at radius 1 is 1.41 bits per heavy atom. The molecule has 29 heavy (non-hydrogen) atoms. The molecular weight excluding hydrogens is 396 g/mol. The van der Waals surface area contributed by atoms with Crippen molar-refractivity contribution in [2.75, 3.05) is 6.61 Å². The molecule has 3 aromatic rings. The second-order valence-corrected chi connectivity index (χ2v) is 7.11. The number of aromatic nitrogens is 4. The molecule has 0 bridgehead atoms. The Kier molecular flexibility index (Phi) is 5.51. The zero-order valence-corrected chi connectivity index (χ0v) is 16.5. The molecule has 4 heterocycles. The summed E-state index contributed by atoms with van der Waals surface area (Å²) in [6, 6.07) is 3.51. The van der Waals surface area contributed by atoms with Crippen molar-refractivity contribution in [1.82, 2.24) is 19.5 Å². The third-order valence-corrected chi connectivity index (χ3v) is 4.95. The minimum atomic E-state index is -0.881. The lowest BCUT2D eigenvalue weighted by Crippen LogP contribution is -2.19. The zero-order valence-electron chi connectivity index (χ0n) is 15.8. The van der Waals surface area contributed by atoms with E-state index in [9.17, 15) is 9.90 Å². The summed E-state index contributed by atoms with van der Waals surface area (Å²) in [7, 11) is 0. The van der Waals surface area contributed by atoms with Crippen LogP contribution >= 0.6 is 11.6 Å². The Hall–Kier alpha value is -2.89. The van der Waals surface area contributed by atoms with Gasteiger partial charge in [-0.15, -0.1) is 0 Å². The summed E-state index contributed by atoms with van der Waals surface area (Å²) in [5.74, 6) is 6.07. The maximum atomic E-state index is 11.3. The Bertz CT molecular complexity index is 1100. The fourth-order valence-corrected chi connectivity index (χ4v) is 3.62. The van der Waals surface area contributed by atoms with Crippen LogP contribution in [0.3, 0.4) is 0 Å². The van der Waals surface area contributed by atoms with Gasteiger partial charge in [0.2, 0.25) is 5.82 Å². The summed E-state index contributed by atoms with van der Waals surface area (Å²) in [6.07, 6.45) is 3.23. The van der Waals surface area contributed by atoms with Crippen molar-refractivity contribution < 1.29 is 19.1 Å². The molecule has 0 unspecified atom stereocenters. The molecular formula is C20H19ClN4O4. The van der Waals surface area contributed by atoms with Crippen molar-refractivity contribution in [3.8, 4) is 23.4 Å². The number of unbranched alkanes of at least 4 members (excludes halogenated alkanes) is 1. The van der Waals surface area contributed by atoms with Crippen LogP contribution in [-0.4, -0.2) is 37.2 Å². The number of hydrogen-bond acceptors (Lipinski definition) is 6. The standard InChI is InChI=1S/C20H19ClN4O4/c1-2-3-4-7-14-22-17(21)16-19(23-14)25(18(24-16)13-6-5-9-28-13)20-12(8-10-29-20)11-15(26)27/h5-6,9,12,20H,2-3,8,10-11H2,1H3,(H,26,27)/t12-,20-/m1/s1. The fraction of sp³-hybridized carbons (Fsp3) is 0.400. The van der Waals surface area contributed by atoms with Crippen LogP contribution in [0.4, 0.5) is 0 Å². The molecule has 0 saturated carbocycles. The van der Waals surface area contributed by atoms with E-state index in [4.69, 9.17) is 20.8 Å². The third-order valence-electron chi connectivity index (χ3n) is 4.69. The predicted molar refractivity (Wildman–Crippen MR) is 105 cm³/mol. The molecule has 3 aromatic heterocycles. The van der Waals surface area contributed by atoms with Crippen molar-refractivity contribution in [3.05, 3.63) is 29.4 Å². The molecule has 1 aliphatic rings. The molecule has 1 N–H and O–H groups in total. The third kappa shape index (κ3) is 3.84. The van der Waals surface area contributed by atoms with Gasteiger partial charge in [0, 0.05) is 18.9 Å². The number of aliphatic carboxylic acids is 1. The number of carboxylic acids is 1. The van der Waals surface area contributed by atoms with Crippen LogP contribution < -0.4 is 0 Å². The fourth-order valence-electron chi connectivity index (χ4n) is 3.42. The van der Waals surface area contributed by atoms with Crippen LogP contribution in [0, 0.1) is 17.8 Å². The number of ether oxygens (including phenoxy) is 1. The molecule has 2 atom stereocenters. The molecule has 1 aliphatic heterocycles. The van der Waals surface area contributed by atoms with Crippen LogP contribution in [0.5, 0.6) is 0 Å². The lowest BCUT2D eigenvalue weighted by Gasteiger charge is -2.20. The van der Waals surface area contributed by atoms with E-state index in [1.165, 1.54) is 6.26 Å². The van der Waals surface area contributed by atoms with E-state index in [-0.39, 0.29) is 23.3 Å². The number of imidazole rings is 1. The van der Waals surface area contributed by atoms with Crippen LogP contribution in [0.15, 0.2) is 22.8 Å². The number of fused-ring (bicyclic) bond motifs is 1. The van der Waals surface area contributed by atoms with Crippen LogP contribution in [0.2, 0.25) is 5.15 Å². The molecule has 1 saturated heterocycles. The first kappa shape index (κ1) is 19.4. The number of carbonyl (C=O) groups is 1. The molecule has 0 spiro atoms. The van der Waals surface area contributed by atoms with E-state index < -0.39 is 12.2 Å². The van der Waals surface area contributed by atoms with E-state index in [1.54, 1.807) is 16.7 Å². The molecule has 4 rings (SSSR count). The molecule has 0 aromatic carbocycles. The topological polar surface area (TPSA) is 103 Å². The van der Waals surface area contributed by atoms with Crippen LogP contribution in [0.1, 0.15) is 44.7 Å². The minimum Gasteiger partial charge on any atom is -0.481 e. The van der Waals surface area contributed by atoms with E-state index >= 15 is 0 Å². The Morgan fingerprint density at radius 2 is 2.28 bits per heavy atom. The van der Waals surface area contributed by atoms with Gasteiger partial charge in [-0.2, -0.15) is 0 Å². The number of rotatable bonds is 5. The maximum absolute atomic E-state index is 11.3. The normalized spacial score (nSPS) is 18.7. The summed E-state index contributed by atoms with van der Waals surface area (Å²) in [5.41, 5.74) is 0.836. The number of nitrogens with zero attached hydrogens (tertiary/aromatic N) is 4. The highest BCUT2D eigenvalue weighted by atomic mass is 35.5. The molecule has 0 aliphatic carbocycles. The van der Waals surface area contributed by atoms with Gasteiger partial charge in [-0.05, 0) is 30.9 Å². The highest BCUT2D eigenvalue weighted by Crippen LogP contribution is 2.39. The highest BCUT2D eigenvalue weighted by molar-refractivity contribution is 6.33. The van der Waals surface area contributed by atoms with Crippen molar-refractivity contribution in [2.24, 2.45) is 5.92 Å². The molecule has 1 fully saturated rings. The smallest absolute Gasteiger partial charge is 0.303 e. The van der Waals surface area contributed by atoms with Crippen molar-refractivity contribution in [3.63, 3.8) is 0 Å². The summed E-state index contributed by atoms with van der Waals surface area (Å²) in [4.78, 5) is 24.7. The van der Waals surface area contributed by atoms with E-state index in [0.29, 0.717) is 35.8 Å². The van der Waals surface area contributed by atoms with Crippen molar-refractivity contribution in [1.29, 1.82) is 0 Å². The van der Waals surface area contributed by atoms with Gasteiger partial charge < -0.3 is 14.3 Å². The van der Waals surface area contributed by atoms with E-state index in [2.05, 4.69) is 26.8 Å². The van der Waals surface area contributed by atoms with Gasteiger partial charge in [0.1, 0.15) is 11.7 Å². The van der Waals surface area contributed by atoms with Crippen molar-refractivity contribution in [2.45, 2.75) is 38.8 Å². The van der Waals surface area contributed by atoms with Gasteiger partial charge in [0.25, 0.3) is 0 Å². The maximum Gasteiger partial charge on any atom is 0.303 e. The Labute approximate surface area is 171 Å². The van der Waals surface area contributed by atoms with Crippen LogP contribution in [-0.2, 0) is 9.53 Å². The lowest BCUT2D eigenvalue weighted by molar-refractivity contribution is -0.139. The summed E-state index contributed by atoms with van der Waals surface area (Å²) in [6.45, 7) is 2.48. The van der Waals surface area contributed by atoms with Gasteiger partial charge in [0.15, 0.2) is 22.4 Å². The second-order valence-electron chi connectivity index (χ2n) is 6.75. The first-order chi connectivity index (χ1) is 14.1. The zero-order chi connectivity index (χ0) is 20.4. The van der Waals surface area contributed by atoms with Gasteiger partial charge in [-0.25, -0.2) is 15.0 Å². The molecule has 8 nitrogen and oxygen atoms in total. The Morgan fingerprint density at radius 3 is 3.00 bits per heavy atom. The number of furan rings is 1. The summed E-state index contributed by atoms with van der Waals surface area (Å²) < 4.78 is 13.2. The highest BCUT2D eigenvalue weighted by Gasteiger charge is 2.36. The Balaban J connectivity index is 1.90. The average molecular weight is 415 g/mol. The van der Waals surface area contributed by atoms with Gasteiger partial charge >= 0.3 is 5.97 Å². The van der Waals surface area contributed by atoms with E-state index in [1.807, 2.05) is 6.92 Å². The molecule has 9 heteroatoms. The SMILES string of the molecule is CCCC#Cc1nc(Cl)c2nc(-c3ccco3)n([C@@H]3OCC[C@@H]3CC(=O)O)c2n1. The minimum absolute atomic E-state index is 0.0239. The lowest BCUT2D eigenvalue weighted by atomic mass is 10.0. The van der Waals surface area contributed by atoms with Gasteiger partial charge in [-0.1, -0.05) is 24.4 Å². The second kappa shape index (κ2) is 8.23. The largest absolute Gasteiger partial charge is 0.481 e. The van der Waals surface area contributed by atoms with Crippen molar-refractivity contribution >= 4 is 28.7 Å². The first-order valence-electron chi connectivity index (χ1n) is 9.40. The summed E-state index contributed by atoms with van der Waals surface area (Å²) in [5, 5.41) is 9.48.